The number of hydrogen-bond acceptors (Lipinski definition) is 3. The van der Waals surface area contributed by atoms with Crippen molar-refractivity contribution in [3.05, 3.63) is 88.3 Å². The van der Waals surface area contributed by atoms with Crippen LogP contribution in [0.3, 0.4) is 0 Å². The Labute approximate surface area is 145 Å². The van der Waals surface area contributed by atoms with Gasteiger partial charge in [-0.15, -0.1) is 0 Å². The Bertz CT molecular complexity index is 990. The molecule has 0 aliphatic rings. The number of nitrogens with zero attached hydrogens (tertiary/aromatic N) is 4. The second kappa shape index (κ2) is 7.35. The van der Waals surface area contributed by atoms with Crippen LogP contribution in [0.2, 0.25) is 0 Å². The molecular weight excluding hydrogens is 314 g/mol. The SMILES string of the molecule is Cc1cccc(-n2ccc(=O)c(C(N=CN)=Nc3ccccc3)n2)c1. The van der Waals surface area contributed by atoms with E-state index in [-0.39, 0.29) is 17.0 Å². The van der Waals surface area contributed by atoms with Gasteiger partial charge in [0.25, 0.3) is 0 Å². The summed E-state index contributed by atoms with van der Waals surface area (Å²) >= 11 is 0. The molecule has 0 radical (unpaired) electrons. The van der Waals surface area contributed by atoms with E-state index in [1.54, 1.807) is 10.9 Å². The maximum Gasteiger partial charge on any atom is 0.211 e. The van der Waals surface area contributed by atoms with Gasteiger partial charge in [0.2, 0.25) is 5.43 Å². The zero-order valence-corrected chi connectivity index (χ0v) is 13.7. The van der Waals surface area contributed by atoms with Gasteiger partial charge >= 0.3 is 0 Å². The van der Waals surface area contributed by atoms with E-state index in [4.69, 9.17) is 5.73 Å². The minimum absolute atomic E-state index is 0.134. The first-order valence-corrected chi connectivity index (χ1v) is 7.73. The molecule has 0 saturated heterocycles. The van der Waals surface area contributed by atoms with E-state index < -0.39 is 0 Å². The lowest BCUT2D eigenvalue weighted by atomic mass is 10.2. The molecule has 0 unspecified atom stereocenters. The third-order valence-corrected chi connectivity index (χ3v) is 3.47. The number of aromatic nitrogens is 2. The molecule has 1 heterocycles. The van der Waals surface area contributed by atoms with Crippen molar-refractivity contribution in [2.45, 2.75) is 6.92 Å². The van der Waals surface area contributed by atoms with Gasteiger partial charge in [0, 0.05) is 12.3 Å². The first kappa shape index (κ1) is 16.3. The Kier molecular flexibility index (Phi) is 4.80. The summed E-state index contributed by atoms with van der Waals surface area (Å²) in [5.74, 6) is 0.167. The molecule has 0 bridgehead atoms. The maximum absolute atomic E-state index is 12.3. The van der Waals surface area contributed by atoms with Crippen LogP contribution in [0.4, 0.5) is 5.69 Å². The molecule has 0 atom stereocenters. The van der Waals surface area contributed by atoms with E-state index in [1.807, 2.05) is 61.5 Å². The molecule has 2 aromatic carbocycles. The molecule has 124 valence electrons. The number of benzene rings is 2. The van der Waals surface area contributed by atoms with Crippen molar-refractivity contribution in [3.8, 4) is 5.69 Å². The molecule has 3 aromatic rings. The van der Waals surface area contributed by atoms with E-state index in [9.17, 15) is 4.79 Å². The molecule has 0 aliphatic heterocycles. The van der Waals surface area contributed by atoms with Crippen molar-refractivity contribution in [1.29, 1.82) is 0 Å². The van der Waals surface area contributed by atoms with Crippen molar-refractivity contribution in [2.24, 2.45) is 15.7 Å². The molecular formula is C19H17N5O. The smallest absolute Gasteiger partial charge is 0.211 e. The Hall–Kier alpha value is -3.54. The standard InChI is InChI=1S/C19H17N5O/c1-14-6-5-9-16(12-14)24-11-10-17(25)18(23-24)19(21-13-20)22-15-7-3-2-4-8-15/h2-13H,1H3,(H2,20,21,22). The third kappa shape index (κ3) is 3.87. The molecule has 6 nitrogen and oxygen atoms in total. The molecule has 0 fully saturated rings. The van der Waals surface area contributed by atoms with E-state index in [0.717, 1.165) is 17.6 Å². The zero-order valence-electron chi connectivity index (χ0n) is 13.7. The summed E-state index contributed by atoms with van der Waals surface area (Å²) in [4.78, 5) is 20.7. The predicted molar refractivity (Wildman–Crippen MR) is 99.9 cm³/mol. The summed E-state index contributed by atoms with van der Waals surface area (Å²) in [7, 11) is 0. The third-order valence-electron chi connectivity index (χ3n) is 3.47. The Morgan fingerprint density at radius 3 is 2.64 bits per heavy atom. The van der Waals surface area contributed by atoms with Crippen LogP contribution in [0.5, 0.6) is 0 Å². The van der Waals surface area contributed by atoms with Crippen molar-refractivity contribution < 1.29 is 0 Å². The number of rotatable bonds is 3. The van der Waals surface area contributed by atoms with Gasteiger partial charge in [-0.3, -0.25) is 4.79 Å². The Morgan fingerprint density at radius 1 is 1.12 bits per heavy atom. The first-order chi connectivity index (χ1) is 12.2. The minimum atomic E-state index is -0.274. The highest BCUT2D eigenvalue weighted by Crippen LogP contribution is 2.13. The van der Waals surface area contributed by atoms with Gasteiger partial charge in [0.15, 0.2) is 11.5 Å². The van der Waals surface area contributed by atoms with Gasteiger partial charge in [-0.25, -0.2) is 14.7 Å². The van der Waals surface area contributed by atoms with Crippen LogP contribution in [-0.2, 0) is 0 Å². The van der Waals surface area contributed by atoms with E-state index in [0.29, 0.717) is 5.69 Å². The predicted octanol–water partition coefficient (Wildman–Crippen LogP) is 2.61. The fraction of sp³-hybridized carbons (Fsp3) is 0.0526. The minimum Gasteiger partial charge on any atom is -0.390 e. The molecule has 0 saturated carbocycles. The van der Waals surface area contributed by atoms with Crippen LogP contribution in [-0.4, -0.2) is 22.0 Å². The van der Waals surface area contributed by atoms with Crippen LogP contribution in [0.1, 0.15) is 11.3 Å². The van der Waals surface area contributed by atoms with Crippen LogP contribution in [0, 0.1) is 6.92 Å². The number of nitrogens with two attached hydrogens (primary N) is 1. The Morgan fingerprint density at radius 2 is 1.92 bits per heavy atom. The van der Waals surface area contributed by atoms with E-state index >= 15 is 0 Å². The molecule has 0 amide bonds. The molecule has 0 aliphatic carbocycles. The fourth-order valence-electron chi connectivity index (χ4n) is 2.32. The van der Waals surface area contributed by atoms with Crippen molar-refractivity contribution >= 4 is 17.9 Å². The summed E-state index contributed by atoms with van der Waals surface area (Å²) in [6.45, 7) is 1.99. The number of para-hydroxylation sites is 1. The highest BCUT2D eigenvalue weighted by atomic mass is 16.1. The van der Waals surface area contributed by atoms with Crippen LogP contribution < -0.4 is 11.2 Å². The van der Waals surface area contributed by atoms with Crippen LogP contribution >= 0.6 is 0 Å². The molecule has 1 aromatic heterocycles. The average molecular weight is 331 g/mol. The van der Waals surface area contributed by atoms with Crippen LogP contribution in [0.15, 0.2) is 81.6 Å². The van der Waals surface area contributed by atoms with E-state index in [2.05, 4.69) is 15.1 Å². The summed E-state index contributed by atoms with van der Waals surface area (Å²) in [5, 5.41) is 4.40. The fourth-order valence-corrected chi connectivity index (χ4v) is 2.32. The second-order valence-electron chi connectivity index (χ2n) is 5.36. The quantitative estimate of drug-likeness (QED) is 0.591. The monoisotopic (exact) mass is 331 g/mol. The normalized spacial score (nSPS) is 11.8. The van der Waals surface area contributed by atoms with Crippen molar-refractivity contribution in [3.63, 3.8) is 0 Å². The van der Waals surface area contributed by atoms with Crippen molar-refractivity contribution in [1.82, 2.24) is 9.78 Å². The van der Waals surface area contributed by atoms with Gasteiger partial charge in [-0.2, -0.15) is 5.10 Å². The second-order valence-corrected chi connectivity index (χ2v) is 5.36. The lowest BCUT2D eigenvalue weighted by molar-refractivity contribution is 0.827. The largest absolute Gasteiger partial charge is 0.390 e. The Balaban J connectivity index is 2.12. The summed E-state index contributed by atoms with van der Waals surface area (Å²) in [6, 6.07) is 18.5. The number of aryl methyl sites for hydroxylation is 1. The van der Waals surface area contributed by atoms with Crippen LogP contribution in [0.25, 0.3) is 5.69 Å². The number of hydrogen-bond donors (Lipinski definition) is 1. The maximum atomic E-state index is 12.3. The molecule has 6 heteroatoms. The lowest BCUT2D eigenvalue weighted by Crippen LogP contribution is -2.20. The van der Waals surface area contributed by atoms with Gasteiger partial charge < -0.3 is 5.73 Å². The highest BCUT2D eigenvalue weighted by molar-refractivity contribution is 6.02. The van der Waals surface area contributed by atoms with E-state index in [1.165, 1.54) is 6.07 Å². The average Bonchev–Trinajstić information content (AvgIpc) is 2.63. The zero-order chi connectivity index (χ0) is 17.6. The lowest BCUT2D eigenvalue weighted by Gasteiger charge is -2.08. The highest BCUT2D eigenvalue weighted by Gasteiger charge is 2.11. The molecule has 25 heavy (non-hydrogen) atoms. The van der Waals surface area contributed by atoms with Crippen molar-refractivity contribution in [2.75, 3.05) is 0 Å². The number of aliphatic imine (C=N–C) groups is 2. The summed E-state index contributed by atoms with van der Waals surface area (Å²) < 4.78 is 1.62. The molecule has 3 rings (SSSR count). The number of amidine groups is 1. The summed E-state index contributed by atoms with van der Waals surface area (Å²) in [5.41, 5.74) is 7.89. The molecule has 2 N–H and O–H groups in total. The van der Waals surface area contributed by atoms with Gasteiger partial charge in [-0.05, 0) is 36.8 Å². The molecule has 0 spiro atoms. The van der Waals surface area contributed by atoms with Gasteiger partial charge in [0.1, 0.15) is 0 Å². The summed E-state index contributed by atoms with van der Waals surface area (Å²) in [6.07, 6.45) is 2.72. The van der Waals surface area contributed by atoms with Gasteiger partial charge in [0.05, 0.1) is 17.7 Å². The topological polar surface area (TPSA) is 85.6 Å². The first-order valence-electron chi connectivity index (χ1n) is 7.73. The van der Waals surface area contributed by atoms with Gasteiger partial charge in [-0.1, -0.05) is 30.3 Å².